The van der Waals surface area contributed by atoms with Crippen LogP contribution < -0.4 is 0 Å². The van der Waals surface area contributed by atoms with Crippen LogP contribution in [0.15, 0.2) is 24.3 Å². The zero-order chi connectivity index (χ0) is 12.5. The summed E-state index contributed by atoms with van der Waals surface area (Å²) in [6, 6.07) is 8.41. The molecule has 0 saturated heterocycles. The molecule has 1 aliphatic rings. The molecule has 0 N–H and O–H groups in total. The predicted octanol–water partition coefficient (Wildman–Crippen LogP) is 4.31. The summed E-state index contributed by atoms with van der Waals surface area (Å²) >= 11 is 5.97. The first kappa shape index (κ1) is 12.9. The minimum absolute atomic E-state index is 0.273. The van der Waals surface area contributed by atoms with E-state index in [2.05, 4.69) is 37.9 Å². The molecule has 1 aromatic rings. The number of nitrogens with zero attached hydrogens (tertiary/aromatic N) is 1. The molecule has 0 unspecified atom stereocenters. The second kappa shape index (κ2) is 4.99. The van der Waals surface area contributed by atoms with E-state index in [-0.39, 0.29) is 5.54 Å². The number of rotatable bonds is 4. The third-order valence-corrected chi connectivity index (χ3v) is 4.18. The van der Waals surface area contributed by atoms with E-state index in [0.717, 1.165) is 11.6 Å². The monoisotopic (exact) mass is 251 g/mol. The summed E-state index contributed by atoms with van der Waals surface area (Å²) in [6.45, 7) is 5.72. The van der Waals surface area contributed by atoms with Gasteiger partial charge >= 0.3 is 0 Å². The average molecular weight is 252 g/mol. The van der Waals surface area contributed by atoms with Crippen molar-refractivity contribution in [2.24, 2.45) is 5.92 Å². The van der Waals surface area contributed by atoms with Gasteiger partial charge in [-0.15, -0.1) is 0 Å². The summed E-state index contributed by atoms with van der Waals surface area (Å²) < 4.78 is 0. The third-order valence-electron chi connectivity index (χ3n) is 3.93. The summed E-state index contributed by atoms with van der Waals surface area (Å²) in [4.78, 5) is 2.53. The Balaban J connectivity index is 2.22. The molecule has 0 spiro atoms. The van der Waals surface area contributed by atoms with Crippen LogP contribution in [-0.4, -0.2) is 18.5 Å². The molecule has 1 aromatic carbocycles. The Kier molecular flexibility index (Phi) is 3.79. The maximum absolute atomic E-state index is 5.97. The summed E-state index contributed by atoms with van der Waals surface area (Å²) in [5, 5.41) is 0.828. The van der Waals surface area contributed by atoms with E-state index >= 15 is 0 Å². The van der Waals surface area contributed by atoms with Gasteiger partial charge < -0.3 is 0 Å². The van der Waals surface area contributed by atoms with Crippen molar-refractivity contribution in [1.29, 1.82) is 0 Å². The summed E-state index contributed by atoms with van der Waals surface area (Å²) in [5.41, 5.74) is 1.70. The lowest BCUT2D eigenvalue weighted by Crippen LogP contribution is -2.50. The average Bonchev–Trinajstić information content (AvgIpc) is 2.18. The van der Waals surface area contributed by atoms with Gasteiger partial charge in [0.1, 0.15) is 0 Å². The quantitative estimate of drug-likeness (QED) is 0.771. The topological polar surface area (TPSA) is 3.24 Å². The van der Waals surface area contributed by atoms with Gasteiger partial charge in [0.15, 0.2) is 0 Å². The lowest BCUT2D eigenvalue weighted by atomic mass is 9.70. The SMILES string of the molecule is CC(C)CN(C)C1(c2ccc(Cl)cc2)CCC1. The highest BCUT2D eigenvalue weighted by Crippen LogP contribution is 2.46. The lowest BCUT2D eigenvalue weighted by molar-refractivity contribution is 0.0258. The van der Waals surface area contributed by atoms with E-state index in [9.17, 15) is 0 Å². The molecule has 1 nitrogen and oxygen atoms in total. The Hall–Kier alpha value is -0.530. The Bertz CT molecular complexity index is 365. The van der Waals surface area contributed by atoms with Gasteiger partial charge in [0, 0.05) is 17.1 Å². The van der Waals surface area contributed by atoms with E-state index in [0.29, 0.717) is 5.92 Å². The molecule has 94 valence electrons. The maximum Gasteiger partial charge on any atom is 0.0457 e. The fourth-order valence-electron chi connectivity index (χ4n) is 2.89. The maximum atomic E-state index is 5.97. The van der Waals surface area contributed by atoms with Crippen LogP contribution >= 0.6 is 11.6 Å². The van der Waals surface area contributed by atoms with Gasteiger partial charge in [0.05, 0.1) is 0 Å². The van der Waals surface area contributed by atoms with Gasteiger partial charge in [-0.2, -0.15) is 0 Å². The minimum atomic E-state index is 0.273. The molecular formula is C15H22ClN. The summed E-state index contributed by atoms with van der Waals surface area (Å²) in [7, 11) is 2.26. The van der Waals surface area contributed by atoms with Crippen molar-refractivity contribution in [3.63, 3.8) is 0 Å². The molecule has 2 rings (SSSR count). The van der Waals surface area contributed by atoms with Crippen LogP contribution in [0.25, 0.3) is 0 Å². The van der Waals surface area contributed by atoms with Gasteiger partial charge in [-0.3, -0.25) is 4.90 Å². The molecule has 2 heteroatoms. The van der Waals surface area contributed by atoms with Crippen LogP contribution in [0.1, 0.15) is 38.7 Å². The molecule has 0 aliphatic heterocycles. The first-order chi connectivity index (χ1) is 8.04. The zero-order valence-electron chi connectivity index (χ0n) is 11.0. The molecule has 0 heterocycles. The predicted molar refractivity (Wildman–Crippen MR) is 74.4 cm³/mol. The summed E-state index contributed by atoms with van der Waals surface area (Å²) in [6.07, 6.45) is 3.89. The molecule has 1 saturated carbocycles. The second-order valence-corrected chi connectivity index (χ2v) is 6.10. The Morgan fingerprint density at radius 3 is 2.24 bits per heavy atom. The molecule has 1 fully saturated rings. The van der Waals surface area contributed by atoms with Crippen LogP contribution in [0.3, 0.4) is 0 Å². The van der Waals surface area contributed by atoms with Gasteiger partial charge in [-0.25, -0.2) is 0 Å². The highest BCUT2D eigenvalue weighted by Gasteiger charge is 2.42. The standard InChI is InChI=1S/C15H22ClN/c1-12(2)11-17(3)15(9-4-10-15)13-5-7-14(16)8-6-13/h5-8,12H,4,9-11H2,1-3H3. The van der Waals surface area contributed by atoms with E-state index in [1.165, 1.54) is 24.8 Å². The number of benzene rings is 1. The van der Waals surface area contributed by atoms with E-state index in [1.807, 2.05) is 12.1 Å². The highest BCUT2D eigenvalue weighted by molar-refractivity contribution is 6.30. The van der Waals surface area contributed by atoms with Gasteiger partial charge in [-0.1, -0.05) is 37.6 Å². The van der Waals surface area contributed by atoms with Crippen LogP contribution in [0.4, 0.5) is 0 Å². The normalized spacial score (nSPS) is 18.5. The largest absolute Gasteiger partial charge is 0.296 e. The molecule has 0 atom stereocenters. The van der Waals surface area contributed by atoms with Crippen molar-refractivity contribution in [1.82, 2.24) is 4.90 Å². The van der Waals surface area contributed by atoms with Crippen molar-refractivity contribution in [2.75, 3.05) is 13.6 Å². The van der Waals surface area contributed by atoms with Crippen LogP contribution in [0.5, 0.6) is 0 Å². The van der Waals surface area contributed by atoms with Crippen molar-refractivity contribution < 1.29 is 0 Å². The van der Waals surface area contributed by atoms with Crippen molar-refractivity contribution >= 4 is 11.6 Å². The minimum Gasteiger partial charge on any atom is -0.296 e. The molecule has 0 aromatic heterocycles. The molecule has 1 aliphatic carbocycles. The molecule has 17 heavy (non-hydrogen) atoms. The lowest BCUT2D eigenvalue weighted by Gasteiger charge is -2.50. The van der Waals surface area contributed by atoms with Crippen molar-refractivity contribution in [3.05, 3.63) is 34.9 Å². The molecule has 0 amide bonds. The van der Waals surface area contributed by atoms with Crippen LogP contribution in [0, 0.1) is 5.92 Å². The van der Waals surface area contributed by atoms with E-state index in [4.69, 9.17) is 11.6 Å². The number of hydrogen-bond donors (Lipinski definition) is 0. The Morgan fingerprint density at radius 2 is 1.82 bits per heavy atom. The fraction of sp³-hybridized carbons (Fsp3) is 0.600. The molecule has 0 bridgehead atoms. The summed E-state index contributed by atoms with van der Waals surface area (Å²) in [5.74, 6) is 0.713. The second-order valence-electron chi connectivity index (χ2n) is 5.67. The van der Waals surface area contributed by atoms with Gasteiger partial charge in [0.25, 0.3) is 0 Å². The first-order valence-corrected chi connectivity index (χ1v) is 6.90. The third kappa shape index (κ3) is 2.51. The van der Waals surface area contributed by atoms with Crippen LogP contribution in [0.2, 0.25) is 5.02 Å². The van der Waals surface area contributed by atoms with E-state index < -0.39 is 0 Å². The number of halogens is 1. The first-order valence-electron chi connectivity index (χ1n) is 6.52. The van der Waals surface area contributed by atoms with Gasteiger partial charge in [-0.05, 0) is 49.9 Å². The van der Waals surface area contributed by atoms with Gasteiger partial charge in [0.2, 0.25) is 0 Å². The Labute approximate surface area is 110 Å². The number of hydrogen-bond acceptors (Lipinski definition) is 1. The van der Waals surface area contributed by atoms with Crippen molar-refractivity contribution in [3.8, 4) is 0 Å². The smallest absolute Gasteiger partial charge is 0.0457 e. The molecule has 0 radical (unpaired) electrons. The Morgan fingerprint density at radius 1 is 1.24 bits per heavy atom. The highest BCUT2D eigenvalue weighted by atomic mass is 35.5. The zero-order valence-corrected chi connectivity index (χ0v) is 11.8. The van der Waals surface area contributed by atoms with E-state index in [1.54, 1.807) is 0 Å². The van der Waals surface area contributed by atoms with Crippen LogP contribution in [-0.2, 0) is 5.54 Å². The fourth-order valence-corrected chi connectivity index (χ4v) is 3.01. The van der Waals surface area contributed by atoms with Crippen molar-refractivity contribution in [2.45, 2.75) is 38.6 Å². The molecular weight excluding hydrogens is 230 g/mol.